The molecule has 2 aromatic carbocycles. The van der Waals surface area contributed by atoms with Crippen molar-refractivity contribution >= 4 is 65.0 Å². The molecule has 1 aliphatic rings. The van der Waals surface area contributed by atoms with E-state index in [9.17, 15) is 14.4 Å². The smallest absolute Gasteiger partial charge is 0.326 e. The van der Waals surface area contributed by atoms with Crippen LogP contribution < -0.4 is 20.3 Å². The maximum absolute atomic E-state index is 12.5. The summed E-state index contributed by atoms with van der Waals surface area (Å²) in [5.41, 5.74) is 2.09. The molecule has 3 N–H and O–H groups in total. The van der Waals surface area contributed by atoms with Gasteiger partial charge in [0.25, 0.3) is 0 Å². The number of halogens is 1. The molecule has 32 heavy (non-hydrogen) atoms. The van der Waals surface area contributed by atoms with Crippen molar-refractivity contribution in [2.24, 2.45) is 0 Å². The lowest BCUT2D eigenvalue weighted by Crippen LogP contribution is -2.36. The molecule has 8 nitrogen and oxygen atoms in total. The highest BCUT2D eigenvalue weighted by molar-refractivity contribution is 7.82. The summed E-state index contributed by atoms with van der Waals surface area (Å²) in [6, 6.07) is 11.1. The van der Waals surface area contributed by atoms with Crippen LogP contribution in [0.4, 0.5) is 27.5 Å². The topological polar surface area (TPSA) is 93.8 Å². The van der Waals surface area contributed by atoms with Gasteiger partial charge < -0.3 is 16.0 Å². The molecule has 0 aliphatic carbocycles. The van der Waals surface area contributed by atoms with E-state index in [0.29, 0.717) is 34.3 Å². The average Bonchev–Trinajstić information content (AvgIpc) is 2.76. The van der Waals surface area contributed by atoms with Crippen LogP contribution in [0, 0.1) is 0 Å². The van der Waals surface area contributed by atoms with E-state index in [4.69, 9.17) is 11.6 Å². The second kappa shape index (κ2) is 11.2. The third-order valence-corrected chi connectivity index (χ3v) is 5.66. The normalized spacial score (nSPS) is 13.8. The first-order valence-electron chi connectivity index (χ1n) is 10.3. The summed E-state index contributed by atoms with van der Waals surface area (Å²) in [4.78, 5) is 38.1. The van der Waals surface area contributed by atoms with Gasteiger partial charge in [0.05, 0.1) is 22.9 Å². The summed E-state index contributed by atoms with van der Waals surface area (Å²) in [6.07, 6.45) is 3.44. The first kappa shape index (κ1) is 23.9. The zero-order valence-corrected chi connectivity index (χ0v) is 19.4. The Morgan fingerprint density at radius 2 is 1.59 bits per heavy atom. The van der Waals surface area contributed by atoms with E-state index in [1.807, 2.05) is 0 Å². The van der Waals surface area contributed by atoms with Crippen LogP contribution in [0.2, 0.25) is 5.02 Å². The summed E-state index contributed by atoms with van der Waals surface area (Å²) < 4.78 is 1.12. The molecule has 1 fully saturated rings. The molecule has 0 atom stereocenters. The molecule has 4 amide bonds. The summed E-state index contributed by atoms with van der Waals surface area (Å²) in [6.45, 7) is 3.62. The number of urea groups is 1. The number of benzene rings is 2. The van der Waals surface area contributed by atoms with Crippen LogP contribution in [0.5, 0.6) is 0 Å². The minimum atomic E-state index is -0.487. The van der Waals surface area contributed by atoms with Gasteiger partial charge in [-0.2, -0.15) is 0 Å². The van der Waals surface area contributed by atoms with Crippen molar-refractivity contribution in [2.45, 2.75) is 26.2 Å². The van der Waals surface area contributed by atoms with E-state index < -0.39 is 6.03 Å². The Morgan fingerprint density at radius 1 is 0.969 bits per heavy atom. The van der Waals surface area contributed by atoms with Crippen molar-refractivity contribution < 1.29 is 14.4 Å². The van der Waals surface area contributed by atoms with Gasteiger partial charge in [0.15, 0.2) is 0 Å². The number of thiol groups is 1. The Balaban J connectivity index is 1.57. The Morgan fingerprint density at radius 3 is 2.19 bits per heavy atom. The molecule has 1 aliphatic heterocycles. The number of hydrogen-bond donors (Lipinski definition) is 4. The Labute approximate surface area is 197 Å². The second-order valence-corrected chi connectivity index (χ2v) is 8.36. The van der Waals surface area contributed by atoms with E-state index in [1.165, 1.54) is 13.3 Å². The fraction of sp³-hybridized carbons (Fsp3) is 0.318. The fourth-order valence-corrected chi connectivity index (χ4v) is 3.78. The maximum Gasteiger partial charge on any atom is 0.336 e. The number of rotatable bonds is 6. The number of anilines is 4. The van der Waals surface area contributed by atoms with Crippen LogP contribution in [-0.2, 0) is 9.59 Å². The lowest BCUT2D eigenvalue weighted by Gasteiger charge is -2.25. The van der Waals surface area contributed by atoms with Crippen molar-refractivity contribution in [3.63, 3.8) is 0 Å². The predicted molar refractivity (Wildman–Crippen MR) is 132 cm³/mol. The van der Waals surface area contributed by atoms with Gasteiger partial charge in [0.1, 0.15) is 0 Å². The van der Waals surface area contributed by atoms with Crippen LogP contribution >= 0.6 is 24.4 Å². The Bertz CT molecular complexity index is 980. The summed E-state index contributed by atoms with van der Waals surface area (Å²) in [7, 11) is 0. The van der Waals surface area contributed by atoms with Crippen molar-refractivity contribution in [1.82, 2.24) is 4.90 Å². The molecule has 10 heteroatoms. The number of carbonyl (C=O) groups is 3. The van der Waals surface area contributed by atoms with E-state index in [1.54, 1.807) is 42.5 Å². The van der Waals surface area contributed by atoms with Crippen molar-refractivity contribution in [3.05, 3.63) is 47.5 Å². The van der Waals surface area contributed by atoms with Gasteiger partial charge in [-0.25, -0.2) is 9.10 Å². The van der Waals surface area contributed by atoms with Crippen LogP contribution in [0.15, 0.2) is 42.5 Å². The van der Waals surface area contributed by atoms with Crippen LogP contribution in [0.3, 0.4) is 0 Å². The van der Waals surface area contributed by atoms with Crippen molar-refractivity contribution in [3.8, 4) is 0 Å². The molecule has 1 heterocycles. The number of amides is 4. The number of carbonyl (C=O) groups excluding carboxylic acids is 3. The number of hydrogen-bond acceptors (Lipinski definition) is 5. The Kier molecular flexibility index (Phi) is 8.38. The lowest BCUT2D eigenvalue weighted by atomic mass is 10.1. The van der Waals surface area contributed by atoms with Crippen molar-refractivity contribution in [1.29, 1.82) is 0 Å². The second-order valence-electron chi connectivity index (χ2n) is 7.55. The van der Waals surface area contributed by atoms with Crippen LogP contribution in [0.1, 0.15) is 26.2 Å². The maximum atomic E-state index is 12.5. The molecule has 0 spiro atoms. The van der Waals surface area contributed by atoms with Gasteiger partial charge in [-0.1, -0.05) is 30.8 Å². The fourth-order valence-electron chi connectivity index (χ4n) is 3.38. The number of nitrogens with zero attached hydrogens (tertiary/aromatic N) is 2. The highest BCUT2D eigenvalue weighted by Gasteiger charge is 2.17. The summed E-state index contributed by atoms with van der Waals surface area (Å²) in [5.74, 6) is -0.295. The van der Waals surface area contributed by atoms with Crippen LogP contribution in [0.25, 0.3) is 0 Å². The lowest BCUT2D eigenvalue weighted by molar-refractivity contribution is -0.117. The quantitative estimate of drug-likeness (QED) is 0.459. The number of likely N-dealkylation sites (tertiary alicyclic amines) is 1. The minimum Gasteiger partial charge on any atom is -0.326 e. The highest BCUT2D eigenvalue weighted by Crippen LogP contribution is 2.29. The van der Waals surface area contributed by atoms with Crippen molar-refractivity contribution in [2.75, 3.05) is 39.9 Å². The SMILES string of the molecule is CC(=O)Nc1ccc(NC(=O)N(S)c2ccc(NC(=O)CN3CCCCC3)c(Cl)c2)cc1. The first-order chi connectivity index (χ1) is 15.3. The number of piperidine rings is 1. The molecule has 3 rings (SSSR count). The van der Waals surface area contributed by atoms with Gasteiger partial charge in [-0.15, -0.1) is 0 Å². The van der Waals surface area contributed by atoms with Gasteiger partial charge in [0.2, 0.25) is 11.8 Å². The average molecular weight is 476 g/mol. The molecular formula is C22H26ClN5O3S. The number of nitrogens with one attached hydrogen (secondary N) is 3. The molecule has 0 saturated carbocycles. The van der Waals surface area contributed by atoms with E-state index in [2.05, 4.69) is 33.7 Å². The van der Waals surface area contributed by atoms with Gasteiger partial charge in [-0.3, -0.25) is 14.5 Å². The predicted octanol–water partition coefficient (Wildman–Crippen LogP) is 4.61. The first-order valence-corrected chi connectivity index (χ1v) is 11.1. The van der Waals surface area contributed by atoms with Gasteiger partial charge in [0, 0.05) is 18.3 Å². The van der Waals surface area contributed by atoms with Crippen LogP contribution in [-0.4, -0.2) is 42.4 Å². The molecule has 1 saturated heterocycles. The zero-order chi connectivity index (χ0) is 23.1. The monoisotopic (exact) mass is 475 g/mol. The molecule has 0 bridgehead atoms. The Hall–Kier alpha value is -2.75. The standard InChI is InChI=1S/C22H26ClN5O3S/c1-15(29)24-16-5-7-17(8-6-16)25-22(31)28(32)18-9-10-20(19(23)13-18)26-21(30)14-27-11-3-2-4-12-27/h5-10,13,32H,2-4,11-12,14H2,1H3,(H,24,29)(H,25,31)(H,26,30). The third kappa shape index (κ3) is 6.88. The minimum absolute atomic E-state index is 0.121. The zero-order valence-electron chi connectivity index (χ0n) is 17.7. The molecule has 2 aromatic rings. The largest absolute Gasteiger partial charge is 0.336 e. The molecular weight excluding hydrogens is 450 g/mol. The molecule has 170 valence electrons. The van der Waals surface area contributed by atoms with Gasteiger partial charge in [-0.05, 0) is 68.4 Å². The molecule has 0 aromatic heterocycles. The van der Waals surface area contributed by atoms with E-state index in [-0.39, 0.29) is 11.8 Å². The van der Waals surface area contributed by atoms with Gasteiger partial charge >= 0.3 is 6.03 Å². The summed E-state index contributed by atoms with van der Waals surface area (Å²) >= 11 is 10.6. The highest BCUT2D eigenvalue weighted by atomic mass is 35.5. The molecule has 0 unspecified atom stereocenters. The van der Waals surface area contributed by atoms with E-state index >= 15 is 0 Å². The van der Waals surface area contributed by atoms with E-state index in [0.717, 1.165) is 30.2 Å². The molecule has 0 radical (unpaired) electrons. The third-order valence-electron chi connectivity index (χ3n) is 4.94. The summed E-state index contributed by atoms with van der Waals surface area (Å²) in [5, 5.41) is 8.50.